The summed E-state index contributed by atoms with van der Waals surface area (Å²) >= 11 is 0. The van der Waals surface area contributed by atoms with Crippen LogP contribution in [-0.4, -0.2) is 32.7 Å². The average molecular weight is 385 g/mol. The number of rotatable bonds is 10. The van der Waals surface area contributed by atoms with E-state index in [1.807, 2.05) is 24.3 Å². The predicted octanol–water partition coefficient (Wildman–Crippen LogP) is 3.44. The fraction of sp³-hybridized carbons (Fsp3) is 0.650. The van der Waals surface area contributed by atoms with Crippen LogP contribution in [-0.2, 0) is 16.1 Å². The van der Waals surface area contributed by atoms with Crippen molar-refractivity contribution in [2.45, 2.75) is 51.6 Å². The second kappa shape index (κ2) is 12.2. The molecule has 0 atom stereocenters. The molecule has 0 bridgehead atoms. The summed E-state index contributed by atoms with van der Waals surface area (Å²) in [5, 5.41) is 3.01. The molecule has 148 valence electrons. The van der Waals surface area contributed by atoms with Gasteiger partial charge in [0, 0.05) is 19.6 Å². The molecule has 1 aliphatic carbocycles. The number of ether oxygens (including phenoxy) is 2. The van der Waals surface area contributed by atoms with Crippen LogP contribution in [0.25, 0.3) is 0 Å². The molecule has 0 aliphatic heterocycles. The molecule has 1 aromatic rings. The topological polar surface area (TPSA) is 73.6 Å². The van der Waals surface area contributed by atoms with Crippen molar-refractivity contribution in [3.05, 3.63) is 29.8 Å². The third-order valence-electron chi connectivity index (χ3n) is 5.10. The SMILES string of the molecule is COc1ccc(COCCCNC(=O)CC2(CN)CCCCC2)cc1.Cl. The van der Waals surface area contributed by atoms with Gasteiger partial charge in [-0.15, -0.1) is 12.4 Å². The number of benzene rings is 1. The van der Waals surface area contributed by atoms with Crippen molar-refractivity contribution < 1.29 is 14.3 Å². The Bertz CT molecular complexity index is 516. The Balaban J connectivity index is 0.00000338. The molecule has 5 nitrogen and oxygen atoms in total. The second-order valence-corrected chi connectivity index (χ2v) is 7.05. The summed E-state index contributed by atoms with van der Waals surface area (Å²) in [4.78, 5) is 12.2. The summed E-state index contributed by atoms with van der Waals surface area (Å²) in [6, 6.07) is 7.85. The highest BCUT2D eigenvalue weighted by molar-refractivity contribution is 5.85. The van der Waals surface area contributed by atoms with Crippen molar-refractivity contribution in [1.29, 1.82) is 0 Å². The van der Waals surface area contributed by atoms with Crippen LogP contribution in [0.5, 0.6) is 5.75 Å². The molecule has 0 unspecified atom stereocenters. The number of nitrogens with one attached hydrogen (secondary N) is 1. The highest BCUT2D eigenvalue weighted by Gasteiger charge is 2.32. The quantitative estimate of drug-likeness (QED) is 0.606. The summed E-state index contributed by atoms with van der Waals surface area (Å²) in [7, 11) is 1.66. The van der Waals surface area contributed by atoms with E-state index in [0.29, 0.717) is 32.7 Å². The second-order valence-electron chi connectivity index (χ2n) is 7.05. The summed E-state index contributed by atoms with van der Waals surface area (Å²) in [6.07, 6.45) is 7.22. The Labute approximate surface area is 163 Å². The van der Waals surface area contributed by atoms with Gasteiger partial charge in [-0.3, -0.25) is 4.79 Å². The molecule has 1 amide bonds. The van der Waals surface area contributed by atoms with Gasteiger partial charge >= 0.3 is 0 Å². The van der Waals surface area contributed by atoms with Gasteiger partial charge in [0.1, 0.15) is 5.75 Å². The van der Waals surface area contributed by atoms with Gasteiger partial charge in [-0.05, 0) is 48.9 Å². The lowest BCUT2D eigenvalue weighted by atomic mass is 9.71. The molecule has 0 spiro atoms. The van der Waals surface area contributed by atoms with Crippen LogP contribution in [0.3, 0.4) is 0 Å². The van der Waals surface area contributed by atoms with Gasteiger partial charge in [-0.1, -0.05) is 31.4 Å². The number of amides is 1. The van der Waals surface area contributed by atoms with Crippen LogP contribution in [0, 0.1) is 5.41 Å². The zero-order valence-corrected chi connectivity index (χ0v) is 16.6. The van der Waals surface area contributed by atoms with Crippen LogP contribution >= 0.6 is 12.4 Å². The molecule has 0 heterocycles. The van der Waals surface area contributed by atoms with E-state index >= 15 is 0 Å². The van der Waals surface area contributed by atoms with Gasteiger partial charge in [0.15, 0.2) is 0 Å². The maximum absolute atomic E-state index is 12.2. The predicted molar refractivity (Wildman–Crippen MR) is 107 cm³/mol. The van der Waals surface area contributed by atoms with Crippen LogP contribution in [0.15, 0.2) is 24.3 Å². The zero-order valence-electron chi connectivity index (χ0n) is 15.8. The first-order valence-electron chi connectivity index (χ1n) is 9.35. The number of hydrogen-bond donors (Lipinski definition) is 2. The minimum atomic E-state index is 0. The number of carbonyl (C=O) groups is 1. The first-order chi connectivity index (χ1) is 12.2. The summed E-state index contributed by atoms with van der Waals surface area (Å²) in [5.41, 5.74) is 7.10. The van der Waals surface area contributed by atoms with Crippen LogP contribution in [0.4, 0.5) is 0 Å². The van der Waals surface area contributed by atoms with Gasteiger partial charge < -0.3 is 20.5 Å². The van der Waals surface area contributed by atoms with Gasteiger partial charge in [-0.2, -0.15) is 0 Å². The summed E-state index contributed by atoms with van der Waals surface area (Å²) in [6.45, 7) is 2.48. The molecule has 2 rings (SSSR count). The molecule has 6 heteroatoms. The normalized spacial score (nSPS) is 15.8. The first kappa shape index (κ1) is 22.7. The average Bonchev–Trinajstić information content (AvgIpc) is 2.65. The first-order valence-corrected chi connectivity index (χ1v) is 9.35. The maximum atomic E-state index is 12.2. The third-order valence-corrected chi connectivity index (χ3v) is 5.10. The lowest BCUT2D eigenvalue weighted by Crippen LogP contribution is -2.39. The molecule has 1 saturated carbocycles. The standard InChI is InChI=1S/C20H32N2O3.ClH/c1-24-18-8-6-17(7-9-18)15-25-13-5-12-22-19(23)14-20(16-21)10-3-2-4-11-20;/h6-9H,2-5,10-16,21H2,1H3,(H,22,23);1H. The maximum Gasteiger partial charge on any atom is 0.220 e. The molecule has 26 heavy (non-hydrogen) atoms. The van der Waals surface area contributed by atoms with E-state index in [2.05, 4.69) is 5.32 Å². The van der Waals surface area contributed by atoms with E-state index in [0.717, 1.165) is 30.6 Å². The molecular formula is C20H33ClN2O3. The molecular weight excluding hydrogens is 352 g/mol. The Hall–Kier alpha value is -1.30. The smallest absolute Gasteiger partial charge is 0.220 e. The Morgan fingerprint density at radius 2 is 1.88 bits per heavy atom. The highest BCUT2D eigenvalue weighted by Crippen LogP contribution is 2.38. The molecule has 3 N–H and O–H groups in total. The van der Waals surface area contributed by atoms with Crippen molar-refractivity contribution in [1.82, 2.24) is 5.32 Å². The Morgan fingerprint density at radius 3 is 2.50 bits per heavy atom. The third kappa shape index (κ3) is 7.52. The van der Waals surface area contributed by atoms with E-state index in [1.165, 1.54) is 19.3 Å². The lowest BCUT2D eigenvalue weighted by molar-refractivity contribution is -0.123. The van der Waals surface area contributed by atoms with Crippen LogP contribution < -0.4 is 15.8 Å². The monoisotopic (exact) mass is 384 g/mol. The molecule has 1 aromatic carbocycles. The number of carbonyl (C=O) groups excluding carboxylic acids is 1. The highest BCUT2D eigenvalue weighted by atomic mass is 35.5. The largest absolute Gasteiger partial charge is 0.497 e. The van der Waals surface area contributed by atoms with E-state index in [-0.39, 0.29) is 23.7 Å². The molecule has 0 radical (unpaired) electrons. The molecule has 0 aromatic heterocycles. The van der Waals surface area contributed by atoms with Crippen molar-refractivity contribution in [2.24, 2.45) is 11.1 Å². The van der Waals surface area contributed by atoms with Gasteiger partial charge in [0.05, 0.1) is 13.7 Å². The molecule has 0 saturated heterocycles. The van der Waals surface area contributed by atoms with Crippen molar-refractivity contribution in [3.8, 4) is 5.75 Å². The van der Waals surface area contributed by atoms with Gasteiger partial charge in [0.25, 0.3) is 0 Å². The number of hydrogen-bond acceptors (Lipinski definition) is 4. The van der Waals surface area contributed by atoms with Crippen molar-refractivity contribution >= 4 is 18.3 Å². The summed E-state index contributed by atoms with van der Waals surface area (Å²) in [5.74, 6) is 0.974. The Morgan fingerprint density at radius 1 is 1.19 bits per heavy atom. The molecule has 1 fully saturated rings. The van der Waals surface area contributed by atoms with E-state index < -0.39 is 0 Å². The Kier molecular flexibility index (Phi) is 10.6. The van der Waals surface area contributed by atoms with E-state index in [9.17, 15) is 4.79 Å². The number of methoxy groups -OCH3 is 1. The minimum Gasteiger partial charge on any atom is -0.497 e. The van der Waals surface area contributed by atoms with Crippen LogP contribution in [0.1, 0.15) is 50.5 Å². The van der Waals surface area contributed by atoms with E-state index in [1.54, 1.807) is 7.11 Å². The lowest BCUT2D eigenvalue weighted by Gasteiger charge is -2.35. The van der Waals surface area contributed by atoms with Gasteiger partial charge in [-0.25, -0.2) is 0 Å². The number of nitrogens with two attached hydrogens (primary N) is 1. The molecule has 1 aliphatic rings. The minimum absolute atomic E-state index is 0. The summed E-state index contributed by atoms with van der Waals surface area (Å²) < 4.78 is 10.8. The van der Waals surface area contributed by atoms with E-state index in [4.69, 9.17) is 15.2 Å². The fourth-order valence-electron chi connectivity index (χ4n) is 3.47. The van der Waals surface area contributed by atoms with Crippen molar-refractivity contribution in [2.75, 3.05) is 26.8 Å². The van der Waals surface area contributed by atoms with Gasteiger partial charge in [0.2, 0.25) is 5.91 Å². The fourth-order valence-corrected chi connectivity index (χ4v) is 3.47. The zero-order chi connectivity index (χ0) is 18.0. The van der Waals surface area contributed by atoms with Crippen molar-refractivity contribution in [3.63, 3.8) is 0 Å². The van der Waals surface area contributed by atoms with Crippen LogP contribution in [0.2, 0.25) is 0 Å². The number of halogens is 1.